The zero-order valence-corrected chi connectivity index (χ0v) is 53.6. The number of nitrogens with zero attached hydrogens (tertiary/aromatic N) is 10. The van der Waals surface area contributed by atoms with E-state index in [4.69, 9.17) is 39.4 Å². The summed E-state index contributed by atoms with van der Waals surface area (Å²) in [7, 11) is 0. The summed E-state index contributed by atoms with van der Waals surface area (Å²) >= 11 is 0. The number of carbonyl (C=O) groups excluding carboxylic acids is 2. The molecule has 4 saturated heterocycles. The third kappa shape index (κ3) is 18.6. The molecule has 0 amide bonds. The molecule has 0 saturated carbocycles. The Labute approximate surface area is 482 Å². The first-order valence-electron chi connectivity index (χ1n) is 30.6. The molecule has 4 aliphatic rings. The van der Waals surface area contributed by atoms with E-state index in [1.165, 1.54) is 0 Å². The van der Waals surface area contributed by atoms with E-state index >= 15 is 0 Å². The molecule has 4 aliphatic heterocycles. The number of carbonyl (C=O) groups is 2. The van der Waals surface area contributed by atoms with Crippen molar-refractivity contribution in [3.8, 4) is 0 Å². The lowest BCUT2D eigenvalue weighted by atomic mass is 9.79. The Morgan fingerprint density at radius 3 is 0.812 bits per heavy atom. The number of hydrogen-bond acceptors (Lipinski definition) is 20. The molecule has 4 fully saturated rings. The molecule has 0 radical (unpaired) electrons. The van der Waals surface area contributed by atoms with Crippen LogP contribution in [0.25, 0.3) is 0 Å². The fourth-order valence-corrected chi connectivity index (χ4v) is 14.9. The summed E-state index contributed by atoms with van der Waals surface area (Å²) in [6, 6.07) is 0.898. The third-order valence-corrected chi connectivity index (χ3v) is 16.4. The first kappa shape index (κ1) is 64.8. The van der Waals surface area contributed by atoms with Gasteiger partial charge in [0.2, 0.25) is 35.7 Å². The van der Waals surface area contributed by atoms with Crippen molar-refractivity contribution in [3.63, 3.8) is 0 Å². The molecular weight excluding hydrogens is 1010 g/mol. The van der Waals surface area contributed by atoms with Gasteiger partial charge < -0.3 is 61.0 Å². The highest BCUT2D eigenvalue weighted by atomic mass is 16.5. The molecule has 20 heteroatoms. The van der Waals surface area contributed by atoms with Crippen LogP contribution in [-0.4, -0.2) is 163 Å². The Kier molecular flexibility index (Phi) is 20.7. The zero-order chi connectivity index (χ0) is 59.3. The van der Waals surface area contributed by atoms with Crippen molar-refractivity contribution in [2.75, 3.05) is 82.7 Å². The maximum atomic E-state index is 13.0. The van der Waals surface area contributed by atoms with Gasteiger partial charge in [0.05, 0.1) is 13.1 Å². The highest BCUT2D eigenvalue weighted by molar-refractivity contribution is 5.70. The molecule has 2 aromatic heterocycles. The average molecular weight is 1120 g/mol. The van der Waals surface area contributed by atoms with Crippen molar-refractivity contribution < 1.29 is 19.1 Å². The number of rotatable bonds is 25. The predicted octanol–water partition coefficient (Wildman–Crippen LogP) is 8.77. The molecular formula is C60H110N16O4. The van der Waals surface area contributed by atoms with Crippen LogP contribution < -0.4 is 51.5 Å². The molecule has 80 heavy (non-hydrogen) atoms. The van der Waals surface area contributed by atoms with Crippen LogP contribution in [0.1, 0.15) is 216 Å². The van der Waals surface area contributed by atoms with Gasteiger partial charge in [0.1, 0.15) is 13.2 Å². The number of esters is 2. The highest BCUT2D eigenvalue weighted by Gasteiger charge is 2.45. The van der Waals surface area contributed by atoms with Crippen molar-refractivity contribution in [2.45, 2.75) is 284 Å². The lowest BCUT2D eigenvalue weighted by Gasteiger charge is -2.50. The number of aromatic nitrogens is 6. The molecule has 2 aromatic rings. The van der Waals surface area contributed by atoms with Gasteiger partial charge in [0.15, 0.2) is 0 Å². The minimum atomic E-state index is -0.317. The normalized spacial score (nSPS) is 22.2. The minimum absolute atomic E-state index is 0.0568. The maximum absolute atomic E-state index is 13.0. The van der Waals surface area contributed by atoms with Crippen LogP contribution in [0.5, 0.6) is 0 Å². The Hall–Kier alpha value is -4.40. The van der Waals surface area contributed by atoms with Crippen LogP contribution >= 0.6 is 0 Å². The van der Waals surface area contributed by atoms with E-state index in [-0.39, 0.29) is 106 Å². The maximum Gasteiger partial charge on any atom is 0.305 e. The van der Waals surface area contributed by atoms with Crippen molar-refractivity contribution in [1.29, 1.82) is 0 Å². The van der Waals surface area contributed by atoms with Gasteiger partial charge in [0.25, 0.3) is 0 Å². The number of ether oxygens (including phenoxy) is 2. The van der Waals surface area contributed by atoms with Crippen LogP contribution in [0, 0.1) is 0 Å². The van der Waals surface area contributed by atoms with Crippen molar-refractivity contribution in [3.05, 3.63) is 0 Å². The largest absolute Gasteiger partial charge is 0.464 e. The molecule has 454 valence electrons. The smallest absolute Gasteiger partial charge is 0.305 e. The molecule has 0 spiro atoms. The summed E-state index contributed by atoms with van der Waals surface area (Å²) in [6.07, 6.45) is 9.01. The lowest BCUT2D eigenvalue weighted by molar-refractivity contribution is -0.145. The monoisotopic (exact) mass is 1120 g/mol. The third-order valence-electron chi connectivity index (χ3n) is 16.4. The van der Waals surface area contributed by atoms with Crippen LogP contribution in [0.15, 0.2) is 0 Å². The molecule has 6 N–H and O–H groups in total. The van der Waals surface area contributed by atoms with Crippen LogP contribution in [0.3, 0.4) is 0 Å². The fourth-order valence-electron chi connectivity index (χ4n) is 14.9. The molecule has 6 heterocycles. The lowest BCUT2D eigenvalue weighted by Crippen LogP contribution is -2.62. The summed E-state index contributed by atoms with van der Waals surface area (Å²) in [6.45, 7) is 49.0. The zero-order valence-electron chi connectivity index (χ0n) is 53.6. The standard InChI is InChI=1S/C60H110N16O4/c1-21-73(41-33-53(5,6)69-54(7,8)34-41)49-63-47(64-50(67-49)74(22-2)42-35-55(9,10)70-56(11,12)36-42)61-29-31-79-45(77)27-25-26-28-46(78)80-32-30-62-48-65-51(75(23-3)43-37-57(13,14)71-58(15,16)38-43)68-52(66-48)76(24-4)44-39-59(17,18)72-60(19,20)40-44/h41-44,69-72H,21-40H2,1-20H3,(H,61,63,64,67)(H,62,65,66,68). The van der Waals surface area contributed by atoms with E-state index in [0.29, 0.717) is 61.6 Å². The highest BCUT2D eigenvalue weighted by Crippen LogP contribution is 2.38. The van der Waals surface area contributed by atoms with Gasteiger partial charge in [-0.05, 0) is 203 Å². The quantitative estimate of drug-likeness (QED) is 0.0405. The van der Waals surface area contributed by atoms with Gasteiger partial charge in [-0.25, -0.2) is 0 Å². The first-order chi connectivity index (χ1) is 37.1. The van der Waals surface area contributed by atoms with Gasteiger partial charge in [-0.3, -0.25) is 9.59 Å². The van der Waals surface area contributed by atoms with E-state index < -0.39 is 0 Å². The summed E-state index contributed by atoms with van der Waals surface area (Å²) in [5.41, 5.74) is -0.455. The molecule has 0 bridgehead atoms. The summed E-state index contributed by atoms with van der Waals surface area (Å²) in [4.78, 5) is 65.9. The van der Waals surface area contributed by atoms with Crippen molar-refractivity contribution in [1.82, 2.24) is 51.2 Å². The number of piperidine rings is 4. The summed E-state index contributed by atoms with van der Waals surface area (Å²) in [5, 5.41) is 22.1. The van der Waals surface area contributed by atoms with E-state index in [1.54, 1.807) is 0 Å². The fraction of sp³-hybridized carbons (Fsp3) is 0.867. The Bertz CT molecular complexity index is 2020. The predicted molar refractivity (Wildman–Crippen MR) is 326 cm³/mol. The van der Waals surface area contributed by atoms with Gasteiger partial charge in [-0.15, -0.1) is 0 Å². The molecule has 0 atom stereocenters. The van der Waals surface area contributed by atoms with Gasteiger partial charge in [0, 0.05) is 107 Å². The molecule has 6 rings (SSSR count). The number of hydrogen-bond donors (Lipinski definition) is 6. The Morgan fingerprint density at radius 2 is 0.613 bits per heavy atom. The Morgan fingerprint density at radius 1 is 0.400 bits per heavy atom. The number of nitrogens with one attached hydrogen (secondary N) is 6. The summed E-state index contributed by atoms with van der Waals surface area (Å²) < 4.78 is 11.4. The molecule has 0 unspecified atom stereocenters. The average Bonchev–Trinajstić information content (AvgIpc) is 3.28. The van der Waals surface area contributed by atoms with Gasteiger partial charge in [-0.1, -0.05) is 0 Å². The Balaban J connectivity index is 1.02. The summed E-state index contributed by atoms with van der Waals surface area (Å²) in [5.74, 6) is 2.91. The minimum Gasteiger partial charge on any atom is -0.464 e. The second-order valence-corrected chi connectivity index (χ2v) is 29.0. The second kappa shape index (κ2) is 25.6. The number of anilines is 6. The van der Waals surface area contributed by atoms with Crippen molar-refractivity contribution >= 4 is 47.6 Å². The molecule has 20 nitrogen and oxygen atoms in total. The van der Waals surface area contributed by atoms with E-state index in [2.05, 4.69) is 190 Å². The van der Waals surface area contributed by atoms with E-state index in [0.717, 1.165) is 77.5 Å². The van der Waals surface area contributed by atoms with Crippen LogP contribution in [0.2, 0.25) is 0 Å². The molecule has 0 aliphatic carbocycles. The van der Waals surface area contributed by atoms with Crippen molar-refractivity contribution in [2.24, 2.45) is 0 Å². The van der Waals surface area contributed by atoms with Crippen LogP contribution in [-0.2, 0) is 19.1 Å². The SMILES string of the molecule is CCN(c1nc(NCCOC(=O)CCCCC(=O)OCCNc2nc(N(CC)C3CC(C)(C)NC(C)(C)C3)nc(N(CC)C3CC(C)(C)NC(C)(C)C3)n2)nc(N(CC)C2CC(C)(C)NC(C)(C)C2)n1)C1CC(C)(C)NC(C)(C)C1. The first-order valence-corrected chi connectivity index (χ1v) is 30.6. The second-order valence-electron chi connectivity index (χ2n) is 29.0. The van der Waals surface area contributed by atoms with Gasteiger partial charge in [-0.2, -0.15) is 29.9 Å². The molecule has 0 aromatic carbocycles. The van der Waals surface area contributed by atoms with Crippen LogP contribution in [0.4, 0.5) is 35.7 Å². The van der Waals surface area contributed by atoms with Gasteiger partial charge >= 0.3 is 11.9 Å². The number of unbranched alkanes of at least 4 members (excludes halogenated alkanes) is 1. The van der Waals surface area contributed by atoms with E-state index in [1.807, 2.05) is 0 Å². The van der Waals surface area contributed by atoms with E-state index in [9.17, 15) is 9.59 Å². The topological polar surface area (TPSA) is 215 Å².